The molecule has 0 amide bonds. The Morgan fingerprint density at radius 3 is 2.73 bits per heavy atom. The van der Waals surface area contributed by atoms with Crippen LogP contribution in [0.5, 0.6) is 0 Å². The summed E-state index contributed by atoms with van der Waals surface area (Å²) in [5, 5.41) is 12.1. The van der Waals surface area contributed by atoms with E-state index < -0.39 is 5.97 Å². The van der Waals surface area contributed by atoms with E-state index in [4.69, 9.17) is 9.52 Å². The molecule has 1 rings (SSSR count). The topological polar surface area (TPSA) is 62.5 Å². The van der Waals surface area contributed by atoms with Gasteiger partial charge in [-0.1, -0.05) is 13.8 Å². The molecule has 0 aliphatic rings. The molecule has 0 radical (unpaired) electrons. The molecule has 4 nitrogen and oxygen atoms in total. The number of aromatic carboxylic acids is 1. The highest BCUT2D eigenvalue weighted by molar-refractivity contribution is 5.86. The standard InChI is InChI=1S/C11H17NO3/c1-7(2)8(3)12-6-9-4-5-15-10(9)11(13)14/h4-5,7-8,12H,6H2,1-3H3,(H,13,14). The van der Waals surface area contributed by atoms with Gasteiger partial charge in [-0.3, -0.25) is 0 Å². The zero-order valence-corrected chi connectivity index (χ0v) is 9.28. The van der Waals surface area contributed by atoms with Crippen LogP contribution in [0.1, 0.15) is 36.9 Å². The number of hydrogen-bond donors (Lipinski definition) is 2. The minimum Gasteiger partial charge on any atom is -0.475 e. The van der Waals surface area contributed by atoms with Crippen molar-refractivity contribution in [3.8, 4) is 0 Å². The fraction of sp³-hybridized carbons (Fsp3) is 0.545. The molecular formula is C11H17NO3. The second-order valence-corrected chi connectivity index (χ2v) is 3.99. The molecule has 0 aliphatic carbocycles. The van der Waals surface area contributed by atoms with Crippen LogP contribution < -0.4 is 5.32 Å². The maximum absolute atomic E-state index is 10.7. The fourth-order valence-electron chi connectivity index (χ4n) is 1.17. The lowest BCUT2D eigenvalue weighted by molar-refractivity contribution is 0.0660. The summed E-state index contributed by atoms with van der Waals surface area (Å²) in [4.78, 5) is 10.7. The van der Waals surface area contributed by atoms with Gasteiger partial charge in [0.1, 0.15) is 0 Å². The molecule has 2 N–H and O–H groups in total. The molecule has 1 aromatic rings. The van der Waals surface area contributed by atoms with Gasteiger partial charge < -0.3 is 14.8 Å². The van der Waals surface area contributed by atoms with Crippen molar-refractivity contribution in [3.63, 3.8) is 0 Å². The minimum atomic E-state index is -1.02. The summed E-state index contributed by atoms with van der Waals surface area (Å²) in [6.45, 7) is 6.83. The van der Waals surface area contributed by atoms with Gasteiger partial charge in [0.05, 0.1) is 6.26 Å². The molecule has 15 heavy (non-hydrogen) atoms. The predicted octanol–water partition coefficient (Wildman–Crippen LogP) is 2.11. The molecule has 1 heterocycles. The number of rotatable bonds is 5. The molecule has 0 saturated heterocycles. The van der Waals surface area contributed by atoms with Crippen LogP contribution in [0.15, 0.2) is 16.7 Å². The van der Waals surface area contributed by atoms with E-state index in [9.17, 15) is 4.79 Å². The van der Waals surface area contributed by atoms with E-state index in [1.165, 1.54) is 6.26 Å². The Kier molecular flexibility index (Phi) is 3.91. The molecule has 1 atom stereocenters. The van der Waals surface area contributed by atoms with Gasteiger partial charge in [0, 0.05) is 18.2 Å². The second-order valence-electron chi connectivity index (χ2n) is 3.99. The molecule has 1 aromatic heterocycles. The van der Waals surface area contributed by atoms with Crippen molar-refractivity contribution in [2.24, 2.45) is 5.92 Å². The summed E-state index contributed by atoms with van der Waals surface area (Å²) >= 11 is 0. The zero-order valence-electron chi connectivity index (χ0n) is 9.28. The van der Waals surface area contributed by atoms with E-state index in [-0.39, 0.29) is 5.76 Å². The summed E-state index contributed by atoms with van der Waals surface area (Å²) in [6.07, 6.45) is 1.40. The molecule has 0 fully saturated rings. The Morgan fingerprint density at radius 1 is 1.53 bits per heavy atom. The van der Waals surface area contributed by atoms with Gasteiger partial charge in [0.25, 0.3) is 0 Å². The third kappa shape index (κ3) is 3.09. The van der Waals surface area contributed by atoms with E-state index in [1.807, 2.05) is 0 Å². The van der Waals surface area contributed by atoms with Crippen molar-refractivity contribution in [3.05, 3.63) is 23.7 Å². The highest BCUT2D eigenvalue weighted by atomic mass is 16.4. The summed E-state index contributed by atoms with van der Waals surface area (Å²) < 4.78 is 4.88. The average Bonchev–Trinajstić information content (AvgIpc) is 2.61. The van der Waals surface area contributed by atoms with Crippen LogP contribution in [0, 0.1) is 5.92 Å². The smallest absolute Gasteiger partial charge is 0.372 e. The van der Waals surface area contributed by atoms with Crippen molar-refractivity contribution in [1.82, 2.24) is 5.32 Å². The van der Waals surface area contributed by atoms with Crippen LogP contribution in [0.4, 0.5) is 0 Å². The van der Waals surface area contributed by atoms with Gasteiger partial charge >= 0.3 is 5.97 Å². The number of carbonyl (C=O) groups is 1. The minimum absolute atomic E-state index is 0.0263. The van der Waals surface area contributed by atoms with E-state index >= 15 is 0 Å². The molecular weight excluding hydrogens is 194 g/mol. The zero-order chi connectivity index (χ0) is 11.4. The lowest BCUT2D eigenvalue weighted by Gasteiger charge is -2.16. The van der Waals surface area contributed by atoms with Gasteiger partial charge in [-0.25, -0.2) is 4.79 Å². The van der Waals surface area contributed by atoms with Crippen LogP contribution in [-0.2, 0) is 6.54 Å². The largest absolute Gasteiger partial charge is 0.475 e. The first kappa shape index (κ1) is 11.8. The lowest BCUT2D eigenvalue weighted by atomic mass is 10.1. The van der Waals surface area contributed by atoms with Gasteiger partial charge in [0.15, 0.2) is 0 Å². The number of hydrogen-bond acceptors (Lipinski definition) is 3. The number of carboxylic acid groups (broad SMARTS) is 1. The third-order valence-electron chi connectivity index (χ3n) is 2.56. The second kappa shape index (κ2) is 4.98. The van der Waals surface area contributed by atoms with Gasteiger partial charge in [-0.05, 0) is 18.9 Å². The van der Waals surface area contributed by atoms with Crippen LogP contribution in [0.25, 0.3) is 0 Å². The molecule has 0 spiro atoms. The van der Waals surface area contributed by atoms with Gasteiger partial charge in [0.2, 0.25) is 5.76 Å². The van der Waals surface area contributed by atoms with Crippen LogP contribution in [0.3, 0.4) is 0 Å². The molecule has 0 aliphatic heterocycles. The Morgan fingerprint density at radius 2 is 2.20 bits per heavy atom. The lowest BCUT2D eigenvalue weighted by Crippen LogP contribution is -2.30. The Labute approximate surface area is 89.3 Å². The number of nitrogens with one attached hydrogen (secondary N) is 1. The predicted molar refractivity (Wildman–Crippen MR) is 56.8 cm³/mol. The van der Waals surface area contributed by atoms with Crippen molar-refractivity contribution < 1.29 is 14.3 Å². The molecule has 84 valence electrons. The molecule has 0 aromatic carbocycles. The van der Waals surface area contributed by atoms with E-state index in [0.717, 1.165) is 0 Å². The van der Waals surface area contributed by atoms with Crippen molar-refractivity contribution in [1.29, 1.82) is 0 Å². The first-order valence-electron chi connectivity index (χ1n) is 5.05. The fourth-order valence-corrected chi connectivity index (χ4v) is 1.17. The first-order chi connectivity index (χ1) is 7.02. The molecule has 4 heteroatoms. The summed E-state index contributed by atoms with van der Waals surface area (Å²) in [5.74, 6) is -0.474. The maximum Gasteiger partial charge on any atom is 0.372 e. The summed E-state index contributed by atoms with van der Waals surface area (Å²) in [5.41, 5.74) is 0.690. The van der Waals surface area contributed by atoms with Crippen LogP contribution >= 0.6 is 0 Å². The normalized spacial score (nSPS) is 13.1. The quantitative estimate of drug-likeness (QED) is 0.783. The first-order valence-corrected chi connectivity index (χ1v) is 5.05. The highest BCUT2D eigenvalue weighted by Crippen LogP contribution is 2.11. The van der Waals surface area contributed by atoms with Crippen LogP contribution in [-0.4, -0.2) is 17.1 Å². The van der Waals surface area contributed by atoms with Gasteiger partial charge in [-0.15, -0.1) is 0 Å². The monoisotopic (exact) mass is 211 g/mol. The maximum atomic E-state index is 10.7. The van der Waals surface area contributed by atoms with Crippen molar-refractivity contribution in [2.45, 2.75) is 33.4 Å². The summed E-state index contributed by atoms with van der Waals surface area (Å²) in [7, 11) is 0. The van der Waals surface area contributed by atoms with Gasteiger partial charge in [-0.2, -0.15) is 0 Å². The third-order valence-corrected chi connectivity index (χ3v) is 2.56. The Bertz CT molecular complexity index is 330. The van der Waals surface area contributed by atoms with E-state index in [1.54, 1.807) is 6.07 Å². The Balaban J connectivity index is 2.58. The van der Waals surface area contributed by atoms with E-state index in [2.05, 4.69) is 26.1 Å². The van der Waals surface area contributed by atoms with Crippen molar-refractivity contribution in [2.75, 3.05) is 0 Å². The molecule has 0 saturated carbocycles. The van der Waals surface area contributed by atoms with Crippen molar-refractivity contribution >= 4 is 5.97 Å². The average molecular weight is 211 g/mol. The SMILES string of the molecule is CC(C)C(C)NCc1ccoc1C(=O)O. The highest BCUT2D eigenvalue weighted by Gasteiger charge is 2.14. The van der Waals surface area contributed by atoms with Crippen LogP contribution in [0.2, 0.25) is 0 Å². The molecule has 0 bridgehead atoms. The Hall–Kier alpha value is -1.29. The number of carboxylic acids is 1. The van der Waals surface area contributed by atoms with E-state index in [0.29, 0.717) is 24.1 Å². The number of furan rings is 1. The summed E-state index contributed by atoms with van der Waals surface area (Å²) in [6, 6.07) is 2.03. The molecule has 1 unspecified atom stereocenters.